The van der Waals surface area contributed by atoms with Crippen molar-refractivity contribution in [2.45, 2.75) is 6.42 Å². The molecule has 6 N–H and O–H groups in total. The molecular weight excluding hydrogens is 398 g/mol. The lowest BCUT2D eigenvalue weighted by atomic mass is 9.98. The van der Waals surface area contributed by atoms with Crippen LogP contribution < -0.4 is 21.7 Å². The maximum absolute atomic E-state index is 12.7. The van der Waals surface area contributed by atoms with Crippen LogP contribution in [-0.2, 0) is 16.0 Å². The van der Waals surface area contributed by atoms with E-state index in [0.717, 1.165) is 5.39 Å². The van der Waals surface area contributed by atoms with Gasteiger partial charge in [-0.25, -0.2) is 15.6 Å². The summed E-state index contributed by atoms with van der Waals surface area (Å²) in [6, 6.07) is 14.9. The molecule has 31 heavy (non-hydrogen) atoms. The first-order valence-corrected chi connectivity index (χ1v) is 9.20. The second-order valence-electron chi connectivity index (χ2n) is 6.51. The molecule has 3 aromatic rings. The standard InChI is InChI=1S/C22H21N5O4/c1-30-20(28)11-18-17-8-4-15(21(23)24)10-14(17)5-9-19(18)31-22(29)13-2-6-16(7-3-13)26-12-27-25/h2-10,12H,11,25H2,1H3,(H3,23,24)(H,26,27). The first kappa shape index (κ1) is 21.5. The summed E-state index contributed by atoms with van der Waals surface area (Å²) in [5.41, 5.74) is 9.83. The second kappa shape index (κ2) is 9.51. The van der Waals surface area contributed by atoms with Crippen molar-refractivity contribution >= 4 is 40.6 Å². The molecule has 3 aromatic carbocycles. The lowest BCUT2D eigenvalue weighted by Gasteiger charge is -2.13. The summed E-state index contributed by atoms with van der Waals surface area (Å²) in [6.07, 6.45) is 1.23. The third-order valence-electron chi connectivity index (χ3n) is 4.54. The average Bonchev–Trinajstić information content (AvgIpc) is 2.78. The highest BCUT2D eigenvalue weighted by atomic mass is 16.5. The molecule has 0 unspecified atom stereocenters. The van der Waals surface area contributed by atoms with Gasteiger partial charge in [-0.3, -0.25) is 10.2 Å². The molecule has 0 amide bonds. The second-order valence-corrected chi connectivity index (χ2v) is 6.51. The molecule has 0 saturated carbocycles. The molecule has 0 aromatic heterocycles. The third-order valence-corrected chi connectivity index (χ3v) is 4.54. The Morgan fingerprint density at radius 2 is 1.81 bits per heavy atom. The van der Waals surface area contributed by atoms with Crippen LogP contribution in [0.3, 0.4) is 0 Å². The number of nitrogens with one attached hydrogen (secondary N) is 2. The van der Waals surface area contributed by atoms with Gasteiger partial charge < -0.3 is 20.6 Å². The van der Waals surface area contributed by atoms with E-state index in [2.05, 4.69) is 10.4 Å². The molecule has 0 saturated heterocycles. The first-order valence-electron chi connectivity index (χ1n) is 9.20. The molecule has 9 heteroatoms. The van der Waals surface area contributed by atoms with Crippen LogP contribution in [0, 0.1) is 5.41 Å². The molecular formula is C22H21N5O4. The number of nitrogen functional groups attached to an aromatic ring is 1. The highest BCUT2D eigenvalue weighted by Gasteiger charge is 2.17. The minimum absolute atomic E-state index is 0.0676. The number of ether oxygens (including phenoxy) is 2. The fourth-order valence-electron chi connectivity index (χ4n) is 2.99. The van der Waals surface area contributed by atoms with Gasteiger partial charge in [0.05, 0.1) is 24.8 Å². The topological polar surface area (TPSA) is 153 Å². The fourth-order valence-corrected chi connectivity index (χ4v) is 2.99. The Labute approximate surface area is 178 Å². The van der Waals surface area contributed by atoms with Crippen molar-refractivity contribution in [1.82, 2.24) is 5.43 Å². The van der Waals surface area contributed by atoms with Gasteiger partial charge in [0.25, 0.3) is 0 Å². The Morgan fingerprint density at radius 3 is 2.45 bits per heavy atom. The Kier molecular flexibility index (Phi) is 6.58. The van der Waals surface area contributed by atoms with E-state index >= 15 is 0 Å². The first-order chi connectivity index (χ1) is 14.9. The van der Waals surface area contributed by atoms with Crippen molar-refractivity contribution < 1.29 is 19.1 Å². The number of hydrazine groups is 1. The van der Waals surface area contributed by atoms with Crippen molar-refractivity contribution in [2.24, 2.45) is 16.6 Å². The van der Waals surface area contributed by atoms with Crippen LogP contribution in [0.5, 0.6) is 5.75 Å². The van der Waals surface area contributed by atoms with Crippen LogP contribution in [0.15, 0.2) is 59.6 Å². The van der Waals surface area contributed by atoms with Gasteiger partial charge in [0, 0.05) is 11.1 Å². The van der Waals surface area contributed by atoms with Gasteiger partial charge in [-0.05, 0) is 47.2 Å². The van der Waals surface area contributed by atoms with Crippen LogP contribution in [0.1, 0.15) is 21.5 Å². The van der Waals surface area contributed by atoms with E-state index < -0.39 is 11.9 Å². The Hall–Kier alpha value is -4.24. The predicted octanol–water partition coefficient (Wildman–Crippen LogP) is 2.18. The highest BCUT2D eigenvalue weighted by molar-refractivity contribution is 6.01. The molecule has 0 spiro atoms. The number of rotatable bonds is 7. The van der Waals surface area contributed by atoms with Crippen molar-refractivity contribution in [1.29, 1.82) is 5.41 Å². The molecule has 0 aliphatic rings. The molecule has 0 aliphatic heterocycles. The molecule has 0 bridgehead atoms. The predicted molar refractivity (Wildman–Crippen MR) is 118 cm³/mol. The number of nitrogens with zero attached hydrogens (tertiary/aromatic N) is 1. The average molecular weight is 419 g/mol. The number of hydrogen-bond acceptors (Lipinski definition) is 7. The van der Waals surface area contributed by atoms with E-state index in [4.69, 9.17) is 26.5 Å². The fraction of sp³-hybridized carbons (Fsp3) is 0.0909. The van der Waals surface area contributed by atoms with E-state index in [0.29, 0.717) is 27.8 Å². The van der Waals surface area contributed by atoms with Gasteiger partial charge in [0.2, 0.25) is 0 Å². The van der Waals surface area contributed by atoms with Crippen LogP contribution >= 0.6 is 0 Å². The summed E-state index contributed by atoms with van der Waals surface area (Å²) in [4.78, 5) is 28.7. The number of amidine groups is 1. The molecule has 0 radical (unpaired) electrons. The van der Waals surface area contributed by atoms with Gasteiger partial charge in [-0.2, -0.15) is 0 Å². The van der Waals surface area contributed by atoms with Gasteiger partial charge >= 0.3 is 11.9 Å². The summed E-state index contributed by atoms with van der Waals surface area (Å²) >= 11 is 0. The summed E-state index contributed by atoms with van der Waals surface area (Å²) in [7, 11) is 1.29. The zero-order valence-corrected chi connectivity index (χ0v) is 16.7. The summed E-state index contributed by atoms with van der Waals surface area (Å²) < 4.78 is 10.4. The normalized spacial score (nSPS) is 10.8. The minimum Gasteiger partial charge on any atom is -0.469 e. The Bertz CT molecular complexity index is 1170. The number of esters is 2. The number of methoxy groups -OCH3 is 1. The number of fused-ring (bicyclic) bond motifs is 1. The number of carbonyl (C=O) groups is 2. The lowest BCUT2D eigenvalue weighted by molar-refractivity contribution is -0.139. The van der Waals surface area contributed by atoms with Gasteiger partial charge in [0.15, 0.2) is 0 Å². The summed E-state index contributed by atoms with van der Waals surface area (Å²) in [5.74, 6) is 4.25. The molecule has 9 nitrogen and oxygen atoms in total. The van der Waals surface area contributed by atoms with Crippen molar-refractivity contribution in [3.8, 4) is 5.75 Å². The number of benzene rings is 3. The van der Waals surface area contributed by atoms with Crippen molar-refractivity contribution in [3.63, 3.8) is 0 Å². The molecule has 0 heterocycles. The van der Waals surface area contributed by atoms with Gasteiger partial charge in [-0.1, -0.05) is 18.2 Å². The van der Waals surface area contributed by atoms with Crippen LogP contribution in [-0.4, -0.2) is 31.2 Å². The van der Waals surface area contributed by atoms with Crippen LogP contribution in [0.4, 0.5) is 5.69 Å². The van der Waals surface area contributed by atoms with E-state index in [9.17, 15) is 9.59 Å². The monoisotopic (exact) mass is 419 g/mol. The smallest absolute Gasteiger partial charge is 0.343 e. The molecule has 0 fully saturated rings. The number of aliphatic imine (C=N–C) groups is 1. The number of nitrogens with two attached hydrogens (primary N) is 2. The molecule has 3 rings (SSSR count). The Morgan fingerprint density at radius 1 is 1.10 bits per heavy atom. The Balaban J connectivity index is 1.96. The number of carbonyl (C=O) groups excluding carboxylic acids is 2. The van der Waals surface area contributed by atoms with E-state index in [-0.39, 0.29) is 18.0 Å². The zero-order valence-electron chi connectivity index (χ0n) is 16.7. The van der Waals surface area contributed by atoms with Crippen molar-refractivity contribution in [2.75, 3.05) is 7.11 Å². The van der Waals surface area contributed by atoms with E-state index in [1.165, 1.54) is 13.4 Å². The SMILES string of the molecule is COC(=O)Cc1c(OC(=O)c2ccc(N=CNN)cc2)ccc2cc(C(=N)N)ccc12. The van der Waals surface area contributed by atoms with Crippen molar-refractivity contribution in [3.05, 3.63) is 71.3 Å². The maximum Gasteiger partial charge on any atom is 0.343 e. The summed E-state index contributed by atoms with van der Waals surface area (Å²) in [5, 5.41) is 9.05. The highest BCUT2D eigenvalue weighted by Crippen LogP contribution is 2.30. The number of hydrogen-bond donors (Lipinski definition) is 4. The summed E-state index contributed by atoms with van der Waals surface area (Å²) in [6.45, 7) is 0. The molecule has 0 atom stereocenters. The van der Waals surface area contributed by atoms with E-state index in [1.54, 1.807) is 54.6 Å². The van der Waals surface area contributed by atoms with Gasteiger partial charge in [0.1, 0.15) is 17.9 Å². The third kappa shape index (κ3) is 5.03. The lowest BCUT2D eigenvalue weighted by Crippen LogP contribution is -2.18. The van der Waals surface area contributed by atoms with Crippen LogP contribution in [0.2, 0.25) is 0 Å². The van der Waals surface area contributed by atoms with Crippen LogP contribution in [0.25, 0.3) is 10.8 Å². The maximum atomic E-state index is 12.7. The zero-order chi connectivity index (χ0) is 22.4. The quantitative estimate of drug-likeness (QED) is 0.114. The molecule has 0 aliphatic carbocycles. The minimum atomic E-state index is -0.585. The largest absolute Gasteiger partial charge is 0.469 e. The van der Waals surface area contributed by atoms with E-state index in [1.807, 2.05) is 0 Å². The van der Waals surface area contributed by atoms with Gasteiger partial charge in [-0.15, -0.1) is 0 Å². The molecule has 158 valence electrons.